The monoisotopic (exact) mass is 576 g/mol. The molecule has 1 rings (SSSR count). The number of halogens is 6. The molecule has 0 radical (unpaired) electrons. The first kappa shape index (κ1) is 14.4. The lowest BCUT2D eigenvalue weighted by Gasteiger charge is -2.35. The second-order valence-corrected chi connectivity index (χ2v) is 9.55. The van der Waals surface area contributed by atoms with E-state index in [1.165, 1.54) is 5.57 Å². The van der Waals surface area contributed by atoms with Gasteiger partial charge in [0.05, 0.1) is 0 Å². The van der Waals surface area contributed by atoms with Crippen LogP contribution >= 0.6 is 95.6 Å². The number of hydrogen-bond acceptors (Lipinski definition) is 0. The van der Waals surface area contributed by atoms with Gasteiger partial charge >= 0.3 is 0 Å². The van der Waals surface area contributed by atoms with Gasteiger partial charge in [-0.15, -0.1) is 0 Å². The molecule has 0 aromatic heterocycles. The molecule has 0 nitrogen and oxygen atoms in total. The minimum Gasteiger partial charge on any atom is -0.0921 e. The predicted molar refractivity (Wildman–Crippen MR) is 84.4 cm³/mol. The third-order valence-electron chi connectivity index (χ3n) is 2.14. The van der Waals surface area contributed by atoms with Gasteiger partial charge in [0.15, 0.2) is 0 Å². The molecule has 0 aromatic rings. The number of rotatable bonds is 1. The van der Waals surface area contributed by atoms with E-state index in [1.54, 1.807) is 0 Å². The van der Waals surface area contributed by atoms with Gasteiger partial charge < -0.3 is 0 Å². The largest absolute Gasteiger partial charge is 0.120 e. The summed E-state index contributed by atoms with van der Waals surface area (Å²) in [6.45, 7) is 2.12. The van der Waals surface area contributed by atoms with E-state index >= 15 is 0 Å². The van der Waals surface area contributed by atoms with Gasteiger partial charge in [0, 0.05) is 24.7 Å². The summed E-state index contributed by atoms with van der Waals surface area (Å²) in [6.07, 6.45) is 0. The Balaban J connectivity index is 3.31. The van der Waals surface area contributed by atoms with E-state index < -0.39 is 0 Å². The van der Waals surface area contributed by atoms with Gasteiger partial charge in [0.25, 0.3) is 0 Å². The number of allylic oxidation sites excluding steroid dienone is 4. The Morgan fingerprint density at radius 2 is 1.64 bits per heavy atom. The van der Waals surface area contributed by atoms with Crippen LogP contribution in [-0.4, -0.2) is 8.56 Å². The van der Waals surface area contributed by atoms with E-state index in [0.717, 1.165) is 18.8 Å². The van der Waals surface area contributed by atoms with Crippen LogP contribution < -0.4 is 0 Å². The summed E-state index contributed by atoms with van der Waals surface area (Å²) in [6, 6.07) is 0. The van der Waals surface area contributed by atoms with Crippen LogP contribution in [0.4, 0.5) is 0 Å². The average Bonchev–Trinajstić information content (AvgIpc) is 2.13. The van der Waals surface area contributed by atoms with Crippen LogP contribution in [0.3, 0.4) is 0 Å². The smallest absolute Gasteiger partial charge is 0.0921 e. The molecule has 1 atom stereocenters. The summed E-state index contributed by atoms with van der Waals surface area (Å²) in [5.74, 6) is 0.354. The third-order valence-corrected chi connectivity index (χ3v) is 9.65. The maximum Gasteiger partial charge on any atom is 0.120 e. The van der Waals surface area contributed by atoms with Crippen LogP contribution in [0.2, 0.25) is 0 Å². The summed E-state index contributed by atoms with van der Waals surface area (Å²) in [7, 11) is 0. The molecule has 0 heterocycles. The Morgan fingerprint density at radius 3 is 2.07 bits per heavy atom. The molecule has 0 saturated carbocycles. The van der Waals surface area contributed by atoms with Crippen molar-refractivity contribution >= 4 is 95.6 Å². The van der Waals surface area contributed by atoms with Gasteiger partial charge in [-0.25, -0.2) is 0 Å². The van der Waals surface area contributed by atoms with E-state index in [9.17, 15) is 0 Å². The van der Waals surface area contributed by atoms with Crippen molar-refractivity contribution in [3.8, 4) is 0 Å². The molecule has 0 aromatic carbocycles. The molecule has 1 aliphatic carbocycles. The minimum atomic E-state index is -0.232. The zero-order chi connectivity index (χ0) is 11.1. The second kappa shape index (κ2) is 5.34. The maximum atomic E-state index is 3.69. The van der Waals surface area contributed by atoms with Crippen LogP contribution in [-0.2, 0) is 0 Å². The van der Waals surface area contributed by atoms with Crippen LogP contribution in [0, 0.1) is 5.92 Å². The van der Waals surface area contributed by atoms with E-state index in [0.29, 0.717) is 5.92 Å². The molecular weight excluding hydrogens is 576 g/mol. The van der Waals surface area contributed by atoms with Crippen molar-refractivity contribution in [3.63, 3.8) is 0 Å². The zero-order valence-electron chi connectivity index (χ0n) is 7.05. The van der Waals surface area contributed by atoms with Crippen LogP contribution in [0.1, 0.15) is 6.92 Å². The minimum absolute atomic E-state index is 0.232. The van der Waals surface area contributed by atoms with Crippen molar-refractivity contribution in [2.45, 2.75) is 10.2 Å². The zero-order valence-corrected chi connectivity index (χ0v) is 16.6. The highest BCUT2D eigenvalue weighted by molar-refractivity contribution is 9.26. The summed E-state index contributed by atoms with van der Waals surface area (Å²) in [5, 5.41) is 0.889. The Hall–Kier alpha value is 2.36. The van der Waals surface area contributed by atoms with Gasteiger partial charge in [0.2, 0.25) is 0 Å². The summed E-state index contributed by atoms with van der Waals surface area (Å²) in [4.78, 5) is 0. The van der Waals surface area contributed by atoms with E-state index in [-0.39, 0.29) is 3.23 Å². The van der Waals surface area contributed by atoms with Crippen molar-refractivity contribution in [1.82, 2.24) is 0 Å². The van der Waals surface area contributed by atoms with Crippen molar-refractivity contribution in [2.75, 3.05) is 5.33 Å². The first-order valence-corrected chi connectivity index (χ1v) is 8.78. The molecule has 6 heteroatoms. The average molecular weight is 582 g/mol. The number of alkyl halides is 3. The molecule has 0 saturated heterocycles. The Kier molecular flexibility index (Phi) is 5.50. The maximum absolute atomic E-state index is 3.69. The van der Waals surface area contributed by atoms with Crippen molar-refractivity contribution in [1.29, 1.82) is 0 Å². The lowest BCUT2D eigenvalue weighted by molar-refractivity contribution is 0.692. The molecule has 80 valence electrons. The standard InChI is InChI=1S/C8H6Br6/c1-3-4(2-9)8(13,14)7(12)6(11)5(3)10/h4H,2H2,1H3. The van der Waals surface area contributed by atoms with E-state index in [1.807, 2.05) is 0 Å². The molecular formula is C8H6Br6. The van der Waals surface area contributed by atoms with Gasteiger partial charge in [-0.1, -0.05) is 69.3 Å². The van der Waals surface area contributed by atoms with Crippen molar-refractivity contribution in [2.24, 2.45) is 5.92 Å². The highest BCUT2D eigenvalue weighted by Gasteiger charge is 2.42. The summed E-state index contributed by atoms with van der Waals surface area (Å²) >= 11 is 21.6. The fourth-order valence-corrected chi connectivity index (χ4v) is 6.83. The Morgan fingerprint density at radius 1 is 1.14 bits per heavy atom. The highest BCUT2D eigenvalue weighted by atomic mass is 79.9. The van der Waals surface area contributed by atoms with Crippen LogP contribution in [0.5, 0.6) is 0 Å². The molecule has 0 fully saturated rings. The second-order valence-electron chi connectivity index (χ2n) is 2.95. The van der Waals surface area contributed by atoms with Gasteiger partial charge in [0.1, 0.15) is 3.23 Å². The van der Waals surface area contributed by atoms with Gasteiger partial charge in [-0.2, -0.15) is 0 Å². The molecule has 1 aliphatic rings. The third kappa shape index (κ3) is 2.45. The lowest BCUT2D eigenvalue weighted by atomic mass is 9.94. The lowest BCUT2D eigenvalue weighted by Crippen LogP contribution is -2.31. The quantitative estimate of drug-likeness (QED) is 0.325. The SMILES string of the molecule is CC1=C(Br)C(Br)=C(Br)C(Br)(Br)C1CBr. The first-order chi connectivity index (χ1) is 6.34. The first-order valence-electron chi connectivity index (χ1n) is 3.70. The van der Waals surface area contributed by atoms with E-state index in [4.69, 9.17) is 0 Å². The van der Waals surface area contributed by atoms with Crippen LogP contribution in [0.15, 0.2) is 19.0 Å². The Bertz CT molecular complexity index is 314. The van der Waals surface area contributed by atoms with Gasteiger partial charge in [-0.3, -0.25) is 0 Å². The molecule has 0 bridgehead atoms. The Labute approximate surface area is 134 Å². The van der Waals surface area contributed by atoms with Gasteiger partial charge in [-0.05, 0) is 38.8 Å². The van der Waals surface area contributed by atoms with E-state index in [2.05, 4.69) is 103 Å². The molecule has 0 N–H and O–H groups in total. The predicted octanol–water partition coefficient (Wildman–Crippen LogP) is 6.17. The van der Waals surface area contributed by atoms with Crippen LogP contribution in [0.25, 0.3) is 0 Å². The van der Waals surface area contributed by atoms with Crippen molar-refractivity contribution in [3.05, 3.63) is 19.0 Å². The molecule has 0 amide bonds. The topological polar surface area (TPSA) is 0 Å². The normalized spacial score (nSPS) is 27.2. The highest BCUT2D eigenvalue weighted by Crippen LogP contribution is 2.56. The summed E-state index contributed by atoms with van der Waals surface area (Å²) in [5.41, 5.74) is 1.30. The van der Waals surface area contributed by atoms with Crippen molar-refractivity contribution < 1.29 is 0 Å². The summed E-state index contributed by atoms with van der Waals surface area (Å²) < 4.78 is 2.99. The molecule has 14 heavy (non-hydrogen) atoms. The molecule has 1 unspecified atom stereocenters. The fourth-order valence-electron chi connectivity index (χ4n) is 1.21. The number of hydrogen-bond donors (Lipinski definition) is 0. The molecule has 0 aliphatic heterocycles. The molecule has 0 spiro atoms. The fraction of sp³-hybridized carbons (Fsp3) is 0.500.